The van der Waals surface area contributed by atoms with E-state index in [-0.39, 0.29) is 17.7 Å². The summed E-state index contributed by atoms with van der Waals surface area (Å²) in [6.45, 7) is 1.27. The van der Waals surface area contributed by atoms with Gasteiger partial charge in [0.15, 0.2) is 0 Å². The monoisotopic (exact) mass is 382 g/mol. The Hall–Kier alpha value is -2.73. The number of benzene rings is 2. The van der Waals surface area contributed by atoms with Crippen LogP contribution in [0.15, 0.2) is 48.5 Å². The maximum absolute atomic E-state index is 13.0. The number of carbonyl (C=O) groups excluding carboxylic acids is 2. The van der Waals surface area contributed by atoms with Gasteiger partial charge in [0.2, 0.25) is 5.91 Å². The summed E-state index contributed by atoms with van der Waals surface area (Å²) >= 11 is 0. The maximum Gasteiger partial charge on any atom is 0.251 e. The van der Waals surface area contributed by atoms with Crippen LogP contribution in [0, 0.1) is 11.7 Å². The van der Waals surface area contributed by atoms with E-state index in [1.807, 2.05) is 23.1 Å². The number of nitrogens with zero attached hydrogens (tertiary/aromatic N) is 1. The second kappa shape index (κ2) is 7.72. The van der Waals surface area contributed by atoms with Crippen LogP contribution in [0.2, 0.25) is 0 Å². The molecule has 5 nitrogen and oxygen atoms in total. The minimum absolute atomic E-state index is 0.0343. The molecule has 1 fully saturated rings. The highest BCUT2D eigenvalue weighted by Gasteiger charge is 2.39. The topological polar surface area (TPSA) is 69.6 Å². The molecular formula is C22H23FN2O3. The molecule has 28 heavy (non-hydrogen) atoms. The van der Waals surface area contributed by atoms with Crippen LogP contribution >= 0.6 is 0 Å². The molecule has 0 saturated heterocycles. The first-order chi connectivity index (χ1) is 13.5. The van der Waals surface area contributed by atoms with Gasteiger partial charge in [-0.2, -0.15) is 0 Å². The lowest BCUT2D eigenvalue weighted by molar-refractivity contribution is -0.136. The fourth-order valence-electron chi connectivity index (χ4n) is 4.17. The molecule has 0 radical (unpaired) electrons. The Kier molecular flexibility index (Phi) is 5.13. The Balaban J connectivity index is 1.38. The molecule has 0 unspecified atom stereocenters. The Morgan fingerprint density at radius 3 is 2.50 bits per heavy atom. The summed E-state index contributed by atoms with van der Waals surface area (Å²) in [7, 11) is 0. The number of hydrogen-bond acceptors (Lipinski definition) is 3. The minimum Gasteiger partial charge on any atom is -0.391 e. The summed E-state index contributed by atoms with van der Waals surface area (Å²) in [5.41, 5.74) is 2.78. The van der Waals surface area contributed by atoms with Crippen molar-refractivity contribution in [3.05, 3.63) is 71.0 Å². The SMILES string of the molecule is O=C(N[C@H]1C[C@H](C(=O)N2CCc3ccccc3C2)C[C@@H]1O)c1ccc(F)cc1. The van der Waals surface area contributed by atoms with Crippen LogP contribution in [-0.2, 0) is 17.8 Å². The van der Waals surface area contributed by atoms with E-state index >= 15 is 0 Å². The molecule has 4 rings (SSSR count). The van der Waals surface area contributed by atoms with Gasteiger partial charge in [-0.25, -0.2) is 4.39 Å². The Bertz CT molecular complexity index is 884. The molecule has 3 atom stereocenters. The minimum atomic E-state index is -0.768. The van der Waals surface area contributed by atoms with Gasteiger partial charge in [0.05, 0.1) is 12.1 Å². The van der Waals surface area contributed by atoms with E-state index in [1.54, 1.807) is 0 Å². The second-order valence-corrected chi connectivity index (χ2v) is 7.60. The van der Waals surface area contributed by atoms with Crippen molar-refractivity contribution in [2.75, 3.05) is 6.54 Å². The molecule has 1 aliphatic heterocycles. The van der Waals surface area contributed by atoms with Crippen molar-refractivity contribution in [2.45, 2.75) is 38.0 Å². The molecule has 146 valence electrons. The summed E-state index contributed by atoms with van der Waals surface area (Å²) in [5.74, 6) is -1.05. The third kappa shape index (κ3) is 3.78. The lowest BCUT2D eigenvalue weighted by Crippen LogP contribution is -2.41. The van der Waals surface area contributed by atoms with Gasteiger partial charge in [0.25, 0.3) is 5.91 Å². The standard InChI is InChI=1S/C22H23FN2O3/c23-18-7-5-15(6-8-18)21(27)24-19-11-17(12-20(19)26)22(28)25-10-9-14-3-1-2-4-16(14)13-25/h1-8,17,19-20,26H,9-13H2,(H,24,27)/t17-,19-,20-/m0/s1. The van der Waals surface area contributed by atoms with Gasteiger partial charge in [-0.05, 0) is 54.7 Å². The Morgan fingerprint density at radius 1 is 1.04 bits per heavy atom. The number of halogens is 1. The summed E-state index contributed by atoms with van der Waals surface area (Å²) in [5, 5.41) is 13.1. The van der Waals surface area contributed by atoms with Crippen LogP contribution in [0.5, 0.6) is 0 Å². The lowest BCUT2D eigenvalue weighted by atomic mass is 9.98. The van der Waals surface area contributed by atoms with E-state index in [2.05, 4.69) is 11.4 Å². The molecule has 2 amide bonds. The van der Waals surface area contributed by atoms with Crippen molar-refractivity contribution >= 4 is 11.8 Å². The summed E-state index contributed by atoms with van der Waals surface area (Å²) in [6.07, 6.45) is 0.814. The molecule has 2 N–H and O–H groups in total. The number of carbonyl (C=O) groups is 2. The number of hydrogen-bond donors (Lipinski definition) is 2. The first-order valence-corrected chi connectivity index (χ1v) is 9.61. The quantitative estimate of drug-likeness (QED) is 0.856. The van der Waals surface area contributed by atoms with E-state index in [4.69, 9.17) is 0 Å². The van der Waals surface area contributed by atoms with Gasteiger partial charge in [0.1, 0.15) is 5.82 Å². The van der Waals surface area contributed by atoms with Gasteiger partial charge in [-0.1, -0.05) is 24.3 Å². The van der Waals surface area contributed by atoms with Crippen LogP contribution < -0.4 is 5.32 Å². The van der Waals surface area contributed by atoms with Gasteiger partial charge < -0.3 is 15.3 Å². The van der Waals surface area contributed by atoms with Gasteiger partial charge in [-0.15, -0.1) is 0 Å². The zero-order valence-electron chi connectivity index (χ0n) is 15.5. The number of rotatable bonds is 3. The molecule has 1 heterocycles. The molecule has 2 aromatic carbocycles. The lowest BCUT2D eigenvalue weighted by Gasteiger charge is -2.31. The molecule has 1 aliphatic carbocycles. The summed E-state index contributed by atoms with van der Waals surface area (Å²) < 4.78 is 13.0. The zero-order valence-corrected chi connectivity index (χ0v) is 15.5. The Labute approximate surface area is 163 Å². The molecular weight excluding hydrogens is 359 g/mol. The summed E-state index contributed by atoms with van der Waals surface area (Å²) in [6, 6.07) is 12.9. The van der Waals surface area contributed by atoms with E-state index in [0.717, 1.165) is 6.42 Å². The molecule has 2 aromatic rings. The highest BCUT2D eigenvalue weighted by atomic mass is 19.1. The van der Waals surface area contributed by atoms with E-state index in [0.29, 0.717) is 31.5 Å². The average Bonchev–Trinajstić information content (AvgIpc) is 3.07. The number of nitrogens with one attached hydrogen (secondary N) is 1. The fourth-order valence-corrected chi connectivity index (χ4v) is 4.17. The number of aliphatic hydroxyl groups excluding tert-OH is 1. The third-order valence-electron chi connectivity index (χ3n) is 5.74. The number of amides is 2. The Morgan fingerprint density at radius 2 is 1.75 bits per heavy atom. The highest BCUT2D eigenvalue weighted by Crippen LogP contribution is 2.30. The fraction of sp³-hybridized carbons (Fsp3) is 0.364. The molecule has 6 heteroatoms. The van der Waals surface area contributed by atoms with Crippen LogP contribution in [0.25, 0.3) is 0 Å². The molecule has 0 bridgehead atoms. The van der Waals surface area contributed by atoms with Gasteiger partial charge in [-0.3, -0.25) is 9.59 Å². The molecule has 0 aromatic heterocycles. The van der Waals surface area contributed by atoms with Crippen LogP contribution in [0.4, 0.5) is 4.39 Å². The normalized spacial score (nSPS) is 23.9. The van der Waals surface area contributed by atoms with E-state index in [9.17, 15) is 19.1 Å². The smallest absolute Gasteiger partial charge is 0.251 e. The average molecular weight is 382 g/mol. The highest BCUT2D eigenvalue weighted by molar-refractivity contribution is 5.94. The molecule has 0 spiro atoms. The second-order valence-electron chi connectivity index (χ2n) is 7.60. The van der Waals surface area contributed by atoms with Crippen molar-refractivity contribution in [1.82, 2.24) is 10.2 Å². The van der Waals surface area contributed by atoms with Gasteiger partial charge in [0, 0.05) is 24.6 Å². The van der Waals surface area contributed by atoms with Crippen molar-refractivity contribution < 1.29 is 19.1 Å². The maximum atomic E-state index is 13.0. The van der Waals surface area contributed by atoms with Crippen molar-refractivity contribution in [1.29, 1.82) is 0 Å². The van der Waals surface area contributed by atoms with Crippen LogP contribution in [0.1, 0.15) is 34.3 Å². The molecule has 2 aliphatic rings. The zero-order chi connectivity index (χ0) is 19.7. The van der Waals surface area contributed by atoms with Crippen LogP contribution in [-0.4, -0.2) is 40.5 Å². The predicted octanol–water partition coefficient (Wildman–Crippen LogP) is 2.28. The predicted molar refractivity (Wildman–Crippen MR) is 102 cm³/mol. The number of fused-ring (bicyclic) bond motifs is 1. The van der Waals surface area contributed by atoms with Crippen molar-refractivity contribution in [2.24, 2.45) is 5.92 Å². The number of aliphatic hydroxyl groups is 1. The van der Waals surface area contributed by atoms with E-state index in [1.165, 1.54) is 35.4 Å². The van der Waals surface area contributed by atoms with Crippen molar-refractivity contribution in [3.63, 3.8) is 0 Å². The third-order valence-corrected chi connectivity index (χ3v) is 5.74. The van der Waals surface area contributed by atoms with Crippen LogP contribution in [0.3, 0.4) is 0 Å². The first-order valence-electron chi connectivity index (χ1n) is 9.61. The first kappa shape index (κ1) is 18.6. The largest absolute Gasteiger partial charge is 0.391 e. The van der Waals surface area contributed by atoms with Gasteiger partial charge >= 0.3 is 0 Å². The van der Waals surface area contributed by atoms with Crippen molar-refractivity contribution in [3.8, 4) is 0 Å². The summed E-state index contributed by atoms with van der Waals surface area (Å²) in [4.78, 5) is 27.1. The molecule has 1 saturated carbocycles. The van der Waals surface area contributed by atoms with E-state index < -0.39 is 18.0 Å².